The highest BCUT2D eigenvalue weighted by atomic mass is 35.5. The number of nitrogens with two attached hydrogens (primary N) is 1. The van der Waals surface area contributed by atoms with Crippen molar-refractivity contribution in [2.24, 2.45) is 5.84 Å². The van der Waals surface area contributed by atoms with Crippen LogP contribution in [0, 0.1) is 0 Å². The maximum absolute atomic E-state index is 6.08. The molecule has 1 aromatic heterocycles. The average molecular weight is 323 g/mol. The zero-order valence-corrected chi connectivity index (χ0v) is 12.8. The number of fused-ring (bicyclic) bond motifs is 1. The van der Waals surface area contributed by atoms with Crippen molar-refractivity contribution in [3.05, 3.63) is 69.0 Å². The van der Waals surface area contributed by atoms with Crippen molar-refractivity contribution >= 4 is 44.6 Å². The van der Waals surface area contributed by atoms with Gasteiger partial charge in [-0.05, 0) is 35.2 Å². The van der Waals surface area contributed by atoms with Gasteiger partial charge in [-0.1, -0.05) is 47.5 Å². The molecule has 0 saturated carbocycles. The zero-order valence-electron chi connectivity index (χ0n) is 10.4. The molecular formula is C15H12Cl2N2S. The summed E-state index contributed by atoms with van der Waals surface area (Å²) in [4.78, 5) is 1.15. The van der Waals surface area contributed by atoms with Gasteiger partial charge in [-0.3, -0.25) is 5.84 Å². The lowest BCUT2D eigenvalue weighted by Crippen LogP contribution is -2.28. The Bertz CT molecular complexity index is 721. The number of nitrogens with one attached hydrogen (secondary N) is 1. The summed E-state index contributed by atoms with van der Waals surface area (Å²) in [5.41, 5.74) is 3.84. The van der Waals surface area contributed by atoms with Crippen LogP contribution >= 0.6 is 34.5 Å². The molecule has 3 rings (SSSR count). The Morgan fingerprint density at radius 2 is 1.80 bits per heavy atom. The van der Waals surface area contributed by atoms with Crippen LogP contribution in [0.15, 0.2) is 48.5 Å². The third-order valence-electron chi connectivity index (χ3n) is 3.17. The van der Waals surface area contributed by atoms with Gasteiger partial charge < -0.3 is 0 Å². The quantitative estimate of drug-likeness (QED) is 0.539. The first-order chi connectivity index (χ1) is 9.69. The topological polar surface area (TPSA) is 38.0 Å². The van der Waals surface area contributed by atoms with Gasteiger partial charge in [0.05, 0.1) is 16.1 Å². The van der Waals surface area contributed by atoms with Gasteiger partial charge in [-0.25, -0.2) is 5.43 Å². The average Bonchev–Trinajstić information content (AvgIpc) is 2.87. The minimum Gasteiger partial charge on any atom is -0.271 e. The van der Waals surface area contributed by atoms with Crippen LogP contribution in [0.3, 0.4) is 0 Å². The van der Waals surface area contributed by atoms with E-state index in [0.717, 1.165) is 10.4 Å². The number of halogens is 2. The molecule has 0 amide bonds. The van der Waals surface area contributed by atoms with Gasteiger partial charge >= 0.3 is 0 Å². The number of rotatable bonds is 3. The zero-order chi connectivity index (χ0) is 14.1. The van der Waals surface area contributed by atoms with E-state index in [0.29, 0.717) is 10.0 Å². The number of hydrogen-bond donors (Lipinski definition) is 2. The fraction of sp³-hybridized carbons (Fsp3) is 0.0667. The second-order valence-electron chi connectivity index (χ2n) is 4.46. The molecule has 1 heterocycles. The highest BCUT2D eigenvalue weighted by molar-refractivity contribution is 7.19. The Labute approximate surface area is 131 Å². The van der Waals surface area contributed by atoms with E-state index in [-0.39, 0.29) is 6.04 Å². The highest BCUT2D eigenvalue weighted by Crippen LogP contribution is 2.34. The molecule has 3 N–H and O–H groups in total. The molecule has 0 fully saturated rings. The number of hydrogen-bond acceptors (Lipinski definition) is 3. The van der Waals surface area contributed by atoms with E-state index in [2.05, 4.69) is 23.6 Å². The fourth-order valence-corrected chi connectivity index (χ4v) is 3.64. The molecule has 0 aliphatic heterocycles. The van der Waals surface area contributed by atoms with Crippen molar-refractivity contribution in [3.63, 3.8) is 0 Å². The molecule has 3 aromatic rings. The van der Waals surface area contributed by atoms with Crippen LogP contribution in [0.1, 0.15) is 16.5 Å². The number of hydrazine groups is 1. The molecule has 1 unspecified atom stereocenters. The van der Waals surface area contributed by atoms with Crippen molar-refractivity contribution < 1.29 is 0 Å². The van der Waals surface area contributed by atoms with Gasteiger partial charge in [0.15, 0.2) is 0 Å². The van der Waals surface area contributed by atoms with Crippen molar-refractivity contribution in [2.45, 2.75) is 6.04 Å². The first-order valence-corrected chi connectivity index (χ1v) is 7.66. The van der Waals surface area contributed by atoms with Crippen LogP contribution in [0.4, 0.5) is 0 Å². The van der Waals surface area contributed by atoms with Gasteiger partial charge in [-0.15, -0.1) is 11.3 Å². The third-order valence-corrected chi connectivity index (χ3v) is 5.09. The van der Waals surface area contributed by atoms with E-state index in [9.17, 15) is 0 Å². The highest BCUT2D eigenvalue weighted by Gasteiger charge is 2.16. The van der Waals surface area contributed by atoms with E-state index in [1.165, 1.54) is 10.1 Å². The predicted molar refractivity (Wildman–Crippen MR) is 87.5 cm³/mol. The lowest BCUT2D eigenvalue weighted by molar-refractivity contribution is 0.647. The summed E-state index contributed by atoms with van der Waals surface area (Å²) in [6.07, 6.45) is 0. The Morgan fingerprint density at radius 3 is 2.50 bits per heavy atom. The van der Waals surface area contributed by atoms with E-state index in [4.69, 9.17) is 29.0 Å². The first kappa shape index (κ1) is 13.9. The molecule has 0 bridgehead atoms. The predicted octanol–water partition coefficient (Wildman–Crippen LogP) is 4.76. The molecule has 0 aliphatic carbocycles. The van der Waals surface area contributed by atoms with Crippen molar-refractivity contribution in [1.29, 1.82) is 0 Å². The summed E-state index contributed by atoms with van der Waals surface area (Å²) in [5, 5.41) is 2.29. The van der Waals surface area contributed by atoms with Crippen LogP contribution in [0.25, 0.3) is 10.1 Å². The first-order valence-electron chi connectivity index (χ1n) is 6.08. The molecule has 5 heteroatoms. The van der Waals surface area contributed by atoms with E-state index >= 15 is 0 Å². The van der Waals surface area contributed by atoms with Crippen LogP contribution in [-0.2, 0) is 0 Å². The second-order valence-corrected chi connectivity index (χ2v) is 6.39. The maximum Gasteiger partial charge on any atom is 0.0803 e. The lowest BCUT2D eigenvalue weighted by Gasteiger charge is -2.15. The second kappa shape index (κ2) is 5.72. The largest absolute Gasteiger partial charge is 0.271 e. The van der Waals surface area contributed by atoms with E-state index < -0.39 is 0 Å². The molecule has 20 heavy (non-hydrogen) atoms. The standard InChI is InChI=1S/C15H12Cl2N2S/c16-11-6-5-10(7-12(11)17)15(19-18)14-8-9-3-1-2-4-13(9)20-14/h1-8,15,19H,18H2. The molecule has 102 valence electrons. The SMILES string of the molecule is NNC(c1ccc(Cl)c(Cl)c1)c1cc2ccccc2s1. The maximum atomic E-state index is 6.08. The van der Waals surface area contributed by atoms with E-state index in [1.807, 2.05) is 24.3 Å². The monoisotopic (exact) mass is 322 g/mol. The summed E-state index contributed by atoms with van der Waals surface area (Å²) in [6.45, 7) is 0. The summed E-state index contributed by atoms with van der Waals surface area (Å²) in [7, 11) is 0. The lowest BCUT2D eigenvalue weighted by atomic mass is 10.1. The van der Waals surface area contributed by atoms with Gasteiger partial charge in [0.1, 0.15) is 0 Å². The minimum atomic E-state index is -0.0952. The Hall–Kier alpha value is -1.10. The Balaban J connectivity index is 2.06. The molecule has 1 atom stereocenters. The van der Waals surface area contributed by atoms with Crippen LogP contribution in [-0.4, -0.2) is 0 Å². The molecule has 2 nitrogen and oxygen atoms in total. The molecular weight excluding hydrogens is 311 g/mol. The number of thiophene rings is 1. The molecule has 0 aliphatic rings. The van der Waals surface area contributed by atoms with Crippen LogP contribution < -0.4 is 11.3 Å². The van der Waals surface area contributed by atoms with Gasteiger partial charge in [0.25, 0.3) is 0 Å². The smallest absolute Gasteiger partial charge is 0.0803 e. The van der Waals surface area contributed by atoms with Crippen LogP contribution in [0.5, 0.6) is 0 Å². The molecule has 0 radical (unpaired) electrons. The fourth-order valence-electron chi connectivity index (χ4n) is 2.18. The summed E-state index contributed by atoms with van der Waals surface area (Å²) in [6, 6.07) is 15.9. The molecule has 2 aromatic carbocycles. The molecule has 0 saturated heterocycles. The summed E-state index contributed by atoms with van der Waals surface area (Å²) in [5.74, 6) is 5.73. The Morgan fingerprint density at radius 1 is 1.00 bits per heavy atom. The van der Waals surface area contributed by atoms with Crippen molar-refractivity contribution in [1.82, 2.24) is 5.43 Å². The van der Waals surface area contributed by atoms with Gasteiger partial charge in [-0.2, -0.15) is 0 Å². The van der Waals surface area contributed by atoms with Crippen LogP contribution in [0.2, 0.25) is 10.0 Å². The normalized spacial score (nSPS) is 12.8. The van der Waals surface area contributed by atoms with Crippen molar-refractivity contribution in [2.75, 3.05) is 0 Å². The Kier molecular flexibility index (Phi) is 3.96. The number of benzene rings is 2. The van der Waals surface area contributed by atoms with Gasteiger partial charge in [0, 0.05) is 9.58 Å². The van der Waals surface area contributed by atoms with E-state index in [1.54, 1.807) is 17.4 Å². The minimum absolute atomic E-state index is 0.0952. The summed E-state index contributed by atoms with van der Waals surface area (Å²) < 4.78 is 1.24. The van der Waals surface area contributed by atoms with Gasteiger partial charge in [0.2, 0.25) is 0 Å². The summed E-state index contributed by atoms with van der Waals surface area (Å²) >= 11 is 13.8. The van der Waals surface area contributed by atoms with Crippen molar-refractivity contribution in [3.8, 4) is 0 Å². The third kappa shape index (κ3) is 2.55. The molecule has 0 spiro atoms.